The molecule has 5 heteroatoms. The quantitative estimate of drug-likeness (QED) is 0.407. The molecule has 1 aliphatic heterocycles. The second-order valence-corrected chi connectivity index (χ2v) is 9.33. The zero-order valence-corrected chi connectivity index (χ0v) is 19.9. The molecule has 1 aromatic heterocycles. The summed E-state index contributed by atoms with van der Waals surface area (Å²) < 4.78 is 14.1. The molecule has 1 saturated heterocycles. The molecule has 3 aromatic rings. The predicted octanol–water partition coefficient (Wildman–Crippen LogP) is 5.77. The van der Waals surface area contributed by atoms with Crippen molar-refractivity contribution in [2.75, 3.05) is 19.6 Å². The number of piperidine rings is 1. The molecule has 2 atom stereocenters. The molecule has 1 amide bonds. The van der Waals surface area contributed by atoms with Crippen molar-refractivity contribution in [3.8, 4) is 0 Å². The van der Waals surface area contributed by atoms with Gasteiger partial charge >= 0.3 is 0 Å². The second-order valence-electron chi connectivity index (χ2n) is 9.33. The average Bonchev–Trinajstić information content (AvgIpc) is 3.25. The summed E-state index contributed by atoms with van der Waals surface area (Å²) in [6, 6.07) is 13.6. The third-order valence-corrected chi connectivity index (χ3v) is 7.12. The summed E-state index contributed by atoms with van der Waals surface area (Å²) in [7, 11) is 0. The number of halogens is 1. The maximum absolute atomic E-state index is 14.1. The van der Waals surface area contributed by atoms with Gasteiger partial charge in [-0.05, 0) is 68.0 Å². The minimum Gasteiger partial charge on any atom is -0.361 e. The van der Waals surface area contributed by atoms with Gasteiger partial charge in [0.2, 0.25) is 5.91 Å². The number of aromatic nitrogens is 1. The number of amides is 1. The van der Waals surface area contributed by atoms with Crippen LogP contribution in [0.5, 0.6) is 0 Å². The molecule has 0 saturated carbocycles. The fraction of sp³-hybridized carbons (Fsp3) is 0.464. The zero-order valence-electron chi connectivity index (χ0n) is 19.9. The number of rotatable bonds is 9. The molecule has 4 nitrogen and oxygen atoms in total. The molecule has 4 rings (SSSR count). The third-order valence-electron chi connectivity index (χ3n) is 7.12. The predicted molar refractivity (Wildman–Crippen MR) is 133 cm³/mol. The molecule has 1 aliphatic rings. The lowest BCUT2D eigenvalue weighted by molar-refractivity contribution is -0.121. The lowest BCUT2D eigenvalue weighted by atomic mass is 9.87. The van der Waals surface area contributed by atoms with Crippen molar-refractivity contribution in [3.05, 3.63) is 71.2 Å². The highest BCUT2D eigenvalue weighted by Crippen LogP contribution is 2.34. The number of hydrogen-bond acceptors (Lipinski definition) is 2. The third kappa shape index (κ3) is 5.64. The first kappa shape index (κ1) is 23.5. The lowest BCUT2D eigenvalue weighted by Gasteiger charge is -2.33. The largest absolute Gasteiger partial charge is 0.361 e. The van der Waals surface area contributed by atoms with E-state index in [1.54, 1.807) is 12.1 Å². The Labute approximate surface area is 196 Å². The van der Waals surface area contributed by atoms with Gasteiger partial charge in [-0.15, -0.1) is 0 Å². The standard InChI is InChI=1S/C28H36FN3O/c1-3-21-10-7-13-24-26(19-31-28(21)24)25(22-11-6-12-23(29)17-22)18-27(33)30-14-8-16-32-15-5-4-9-20(32)2/h6-7,10-13,17,19-20,25,31H,3-5,8-9,14-16,18H2,1-2H3,(H,30,33)/t20-,25+/m0/s1. The molecule has 0 radical (unpaired) electrons. The first-order valence-electron chi connectivity index (χ1n) is 12.4. The van der Waals surface area contributed by atoms with Crippen molar-refractivity contribution < 1.29 is 9.18 Å². The lowest BCUT2D eigenvalue weighted by Crippen LogP contribution is -2.39. The van der Waals surface area contributed by atoms with Crippen LogP contribution in [-0.2, 0) is 11.2 Å². The molecule has 2 heterocycles. The number of benzene rings is 2. The van der Waals surface area contributed by atoms with Gasteiger partial charge in [0, 0.05) is 48.6 Å². The summed E-state index contributed by atoms with van der Waals surface area (Å²) in [6.07, 6.45) is 8.04. The number of carbonyl (C=O) groups is 1. The Balaban J connectivity index is 1.46. The Kier molecular flexibility index (Phi) is 7.81. The Morgan fingerprint density at radius 1 is 1.24 bits per heavy atom. The maximum Gasteiger partial charge on any atom is 0.220 e. The molecular weight excluding hydrogens is 413 g/mol. The number of nitrogens with one attached hydrogen (secondary N) is 2. The Bertz CT molecular complexity index is 1080. The van der Waals surface area contributed by atoms with E-state index < -0.39 is 0 Å². The van der Waals surface area contributed by atoms with E-state index in [0.717, 1.165) is 48.0 Å². The van der Waals surface area contributed by atoms with Crippen LogP contribution in [0.25, 0.3) is 10.9 Å². The highest BCUT2D eigenvalue weighted by molar-refractivity contribution is 5.88. The monoisotopic (exact) mass is 449 g/mol. The van der Waals surface area contributed by atoms with Gasteiger partial charge in [0.25, 0.3) is 0 Å². The van der Waals surface area contributed by atoms with Crippen LogP contribution in [0.3, 0.4) is 0 Å². The number of H-pyrrole nitrogens is 1. The Morgan fingerprint density at radius 2 is 2.09 bits per heavy atom. The minimum atomic E-state index is -0.275. The molecule has 0 bridgehead atoms. The van der Waals surface area contributed by atoms with Crippen molar-refractivity contribution in [2.24, 2.45) is 0 Å². The van der Waals surface area contributed by atoms with Gasteiger partial charge in [0.15, 0.2) is 0 Å². The molecule has 2 N–H and O–H groups in total. The van der Waals surface area contributed by atoms with Crippen molar-refractivity contribution in [3.63, 3.8) is 0 Å². The topological polar surface area (TPSA) is 48.1 Å². The van der Waals surface area contributed by atoms with Gasteiger partial charge in [0.05, 0.1) is 0 Å². The van der Waals surface area contributed by atoms with Crippen molar-refractivity contribution in [1.82, 2.24) is 15.2 Å². The van der Waals surface area contributed by atoms with Gasteiger partial charge in [-0.3, -0.25) is 4.79 Å². The van der Waals surface area contributed by atoms with E-state index in [1.165, 1.54) is 30.9 Å². The molecule has 2 aromatic carbocycles. The zero-order chi connectivity index (χ0) is 23.2. The van der Waals surface area contributed by atoms with E-state index in [4.69, 9.17) is 0 Å². The molecule has 176 valence electrons. The number of nitrogens with zero attached hydrogens (tertiary/aromatic N) is 1. The fourth-order valence-corrected chi connectivity index (χ4v) is 5.21. The summed E-state index contributed by atoms with van der Waals surface area (Å²) in [5, 5.41) is 4.22. The molecule has 0 aliphatic carbocycles. The smallest absolute Gasteiger partial charge is 0.220 e. The van der Waals surface area contributed by atoms with E-state index in [1.807, 2.05) is 12.3 Å². The van der Waals surface area contributed by atoms with Gasteiger partial charge in [0.1, 0.15) is 5.82 Å². The van der Waals surface area contributed by atoms with Crippen LogP contribution in [0, 0.1) is 5.82 Å². The summed E-state index contributed by atoms with van der Waals surface area (Å²) in [5.74, 6) is -0.469. The van der Waals surface area contributed by atoms with Crippen LogP contribution in [0.4, 0.5) is 4.39 Å². The highest BCUT2D eigenvalue weighted by atomic mass is 19.1. The van der Waals surface area contributed by atoms with Crippen LogP contribution in [0.2, 0.25) is 0 Å². The number of aromatic amines is 1. The van der Waals surface area contributed by atoms with E-state index in [0.29, 0.717) is 19.0 Å². The average molecular weight is 450 g/mol. The molecule has 1 fully saturated rings. The Morgan fingerprint density at radius 3 is 2.88 bits per heavy atom. The molecule has 0 spiro atoms. The van der Waals surface area contributed by atoms with Gasteiger partial charge < -0.3 is 15.2 Å². The van der Waals surface area contributed by atoms with Gasteiger partial charge in [-0.25, -0.2) is 4.39 Å². The molecular formula is C28H36FN3O. The highest BCUT2D eigenvalue weighted by Gasteiger charge is 2.23. The van der Waals surface area contributed by atoms with Crippen molar-refractivity contribution in [2.45, 2.75) is 64.3 Å². The summed E-state index contributed by atoms with van der Waals surface area (Å²) >= 11 is 0. The Hall–Kier alpha value is -2.66. The van der Waals surface area contributed by atoms with Crippen LogP contribution < -0.4 is 5.32 Å². The SMILES string of the molecule is CCc1cccc2c([C@H](CC(=O)NCCCN3CCCC[C@@H]3C)c3cccc(F)c3)c[nH]c12. The van der Waals surface area contributed by atoms with Gasteiger partial charge in [-0.2, -0.15) is 0 Å². The number of para-hydroxylation sites is 1. The van der Waals surface area contributed by atoms with Crippen LogP contribution in [0.15, 0.2) is 48.7 Å². The number of fused-ring (bicyclic) bond motifs is 1. The first-order valence-corrected chi connectivity index (χ1v) is 12.4. The van der Waals surface area contributed by atoms with E-state index in [2.05, 4.69) is 47.2 Å². The number of aryl methyl sites for hydroxylation is 1. The summed E-state index contributed by atoms with van der Waals surface area (Å²) in [5.41, 5.74) is 4.22. The fourth-order valence-electron chi connectivity index (χ4n) is 5.21. The van der Waals surface area contributed by atoms with Crippen LogP contribution >= 0.6 is 0 Å². The van der Waals surface area contributed by atoms with Crippen LogP contribution in [0.1, 0.15) is 68.6 Å². The first-order chi connectivity index (χ1) is 16.1. The minimum absolute atomic E-state index is 0.0111. The number of likely N-dealkylation sites (tertiary alicyclic amines) is 1. The van der Waals surface area contributed by atoms with E-state index in [-0.39, 0.29) is 17.6 Å². The van der Waals surface area contributed by atoms with Crippen LogP contribution in [-0.4, -0.2) is 41.5 Å². The molecule has 0 unspecified atom stereocenters. The van der Waals surface area contributed by atoms with Crippen molar-refractivity contribution in [1.29, 1.82) is 0 Å². The molecule has 33 heavy (non-hydrogen) atoms. The second kappa shape index (κ2) is 11.0. The summed E-state index contributed by atoms with van der Waals surface area (Å²) in [6.45, 7) is 7.30. The maximum atomic E-state index is 14.1. The number of hydrogen-bond donors (Lipinski definition) is 2. The normalized spacial score (nSPS) is 17.8. The van der Waals surface area contributed by atoms with Gasteiger partial charge in [-0.1, -0.05) is 43.7 Å². The van der Waals surface area contributed by atoms with Crippen molar-refractivity contribution >= 4 is 16.8 Å². The number of carbonyl (C=O) groups excluding carboxylic acids is 1. The van der Waals surface area contributed by atoms with E-state index >= 15 is 0 Å². The van der Waals surface area contributed by atoms with E-state index in [9.17, 15) is 9.18 Å². The summed E-state index contributed by atoms with van der Waals surface area (Å²) in [4.78, 5) is 18.9.